The zero-order chi connectivity index (χ0) is 16.2. The van der Waals surface area contributed by atoms with E-state index in [4.69, 9.17) is 4.74 Å². The molecule has 4 nitrogen and oxygen atoms in total. The monoisotopic (exact) mass is 311 g/mol. The lowest BCUT2D eigenvalue weighted by atomic mass is 9.93. The van der Waals surface area contributed by atoms with Crippen LogP contribution < -0.4 is 4.74 Å². The number of para-hydroxylation sites is 1. The first-order valence-electron chi connectivity index (χ1n) is 7.87. The van der Waals surface area contributed by atoms with E-state index < -0.39 is 0 Å². The molecule has 0 saturated carbocycles. The molecule has 23 heavy (non-hydrogen) atoms. The van der Waals surface area contributed by atoms with E-state index in [1.54, 1.807) is 4.90 Å². The Balaban J connectivity index is 1.82. The normalized spacial score (nSPS) is 17.3. The smallest absolute Gasteiger partial charge is 0.209 e. The minimum Gasteiger partial charge on any atom is -0.457 e. The SMILES string of the molecule is Cc1ccccc1Oc1ccc(C2CCN(C=O)C2)c(CO)c1. The number of aliphatic hydroxyl groups excluding tert-OH is 1. The quantitative estimate of drug-likeness (QED) is 0.863. The highest BCUT2D eigenvalue weighted by Crippen LogP contribution is 2.33. The first-order chi connectivity index (χ1) is 11.2. The van der Waals surface area contributed by atoms with Gasteiger partial charge in [-0.1, -0.05) is 24.3 Å². The number of rotatable bonds is 5. The lowest BCUT2D eigenvalue weighted by molar-refractivity contribution is -0.117. The van der Waals surface area contributed by atoms with Gasteiger partial charge in [-0.15, -0.1) is 0 Å². The summed E-state index contributed by atoms with van der Waals surface area (Å²) in [4.78, 5) is 12.7. The van der Waals surface area contributed by atoms with Crippen LogP contribution in [0, 0.1) is 6.92 Å². The Bertz CT molecular complexity index is 699. The molecule has 1 unspecified atom stereocenters. The molecule has 1 N–H and O–H groups in total. The predicted molar refractivity (Wildman–Crippen MR) is 88.6 cm³/mol. The fourth-order valence-corrected chi connectivity index (χ4v) is 3.12. The van der Waals surface area contributed by atoms with Crippen LogP contribution in [-0.2, 0) is 11.4 Å². The number of carbonyl (C=O) groups is 1. The second-order valence-corrected chi connectivity index (χ2v) is 5.97. The second kappa shape index (κ2) is 6.84. The van der Waals surface area contributed by atoms with Crippen LogP contribution in [0.5, 0.6) is 11.5 Å². The van der Waals surface area contributed by atoms with Crippen LogP contribution in [-0.4, -0.2) is 29.5 Å². The molecule has 1 heterocycles. The molecule has 3 rings (SSSR count). The van der Waals surface area contributed by atoms with Crippen LogP contribution in [0.25, 0.3) is 0 Å². The Labute approximate surface area is 136 Å². The summed E-state index contributed by atoms with van der Waals surface area (Å²) in [6.07, 6.45) is 1.83. The first kappa shape index (κ1) is 15.6. The Hall–Kier alpha value is -2.33. The van der Waals surface area contributed by atoms with Gasteiger partial charge in [0.1, 0.15) is 11.5 Å². The van der Waals surface area contributed by atoms with Gasteiger partial charge in [-0.05, 0) is 48.2 Å². The van der Waals surface area contributed by atoms with Crippen LogP contribution in [0.4, 0.5) is 0 Å². The summed E-state index contributed by atoms with van der Waals surface area (Å²) in [5.74, 6) is 1.82. The van der Waals surface area contributed by atoms with Crippen molar-refractivity contribution in [2.24, 2.45) is 0 Å². The van der Waals surface area contributed by atoms with Crippen LogP contribution >= 0.6 is 0 Å². The van der Waals surface area contributed by atoms with Crippen LogP contribution in [0.1, 0.15) is 29.0 Å². The van der Waals surface area contributed by atoms with Crippen molar-refractivity contribution in [3.8, 4) is 11.5 Å². The van der Waals surface area contributed by atoms with Crippen molar-refractivity contribution >= 4 is 6.41 Å². The minimum atomic E-state index is -0.0299. The van der Waals surface area contributed by atoms with Gasteiger partial charge in [0.25, 0.3) is 0 Å². The zero-order valence-corrected chi connectivity index (χ0v) is 13.2. The molecule has 1 fully saturated rings. The molecule has 4 heteroatoms. The van der Waals surface area contributed by atoms with Gasteiger partial charge in [-0.3, -0.25) is 4.79 Å². The number of nitrogens with zero attached hydrogens (tertiary/aromatic N) is 1. The number of likely N-dealkylation sites (tertiary alicyclic amines) is 1. The molecular formula is C19H21NO3. The number of benzene rings is 2. The molecule has 0 aliphatic carbocycles. The highest BCUT2D eigenvalue weighted by molar-refractivity contribution is 5.49. The molecular weight excluding hydrogens is 290 g/mol. The third-order valence-electron chi connectivity index (χ3n) is 4.41. The van der Waals surface area contributed by atoms with E-state index in [2.05, 4.69) is 0 Å². The number of hydrogen-bond acceptors (Lipinski definition) is 3. The lowest BCUT2D eigenvalue weighted by Crippen LogP contribution is -2.17. The van der Waals surface area contributed by atoms with Gasteiger partial charge in [0.05, 0.1) is 6.61 Å². The van der Waals surface area contributed by atoms with Crippen molar-refractivity contribution in [1.82, 2.24) is 4.90 Å². The maximum atomic E-state index is 10.9. The summed E-state index contributed by atoms with van der Waals surface area (Å²) in [7, 11) is 0. The van der Waals surface area contributed by atoms with Crippen LogP contribution in [0.3, 0.4) is 0 Å². The number of amides is 1. The Morgan fingerprint density at radius 2 is 2.13 bits per heavy atom. The highest BCUT2D eigenvalue weighted by Gasteiger charge is 2.24. The highest BCUT2D eigenvalue weighted by atomic mass is 16.5. The maximum absolute atomic E-state index is 10.9. The van der Waals surface area contributed by atoms with Gasteiger partial charge in [0.2, 0.25) is 6.41 Å². The summed E-state index contributed by atoms with van der Waals surface area (Å²) >= 11 is 0. The van der Waals surface area contributed by atoms with Gasteiger partial charge in [0, 0.05) is 19.0 Å². The number of hydrogen-bond donors (Lipinski definition) is 1. The average molecular weight is 311 g/mol. The minimum absolute atomic E-state index is 0.0299. The molecule has 2 aromatic rings. The molecule has 1 aliphatic heterocycles. The number of carbonyl (C=O) groups excluding carboxylic acids is 1. The summed E-state index contributed by atoms with van der Waals surface area (Å²) in [5.41, 5.74) is 3.04. The third kappa shape index (κ3) is 3.37. The molecule has 1 saturated heterocycles. The number of ether oxygens (including phenoxy) is 1. The number of aliphatic hydroxyl groups is 1. The van der Waals surface area contributed by atoms with E-state index in [1.807, 2.05) is 49.4 Å². The van der Waals surface area contributed by atoms with E-state index in [0.717, 1.165) is 47.6 Å². The van der Waals surface area contributed by atoms with Gasteiger partial charge in [0.15, 0.2) is 0 Å². The molecule has 1 amide bonds. The van der Waals surface area contributed by atoms with Crippen molar-refractivity contribution in [3.63, 3.8) is 0 Å². The molecule has 120 valence electrons. The van der Waals surface area contributed by atoms with E-state index in [0.29, 0.717) is 6.54 Å². The molecule has 0 aromatic heterocycles. The Morgan fingerprint density at radius 3 is 2.83 bits per heavy atom. The van der Waals surface area contributed by atoms with Crippen molar-refractivity contribution in [2.75, 3.05) is 13.1 Å². The topological polar surface area (TPSA) is 49.8 Å². The standard InChI is InChI=1S/C19H21NO3/c1-14-4-2-3-5-19(14)23-17-6-7-18(16(10-17)12-21)15-8-9-20(11-15)13-22/h2-7,10,13,15,21H,8-9,11-12H2,1H3. The van der Waals surface area contributed by atoms with E-state index in [1.165, 1.54) is 0 Å². The van der Waals surface area contributed by atoms with E-state index in [-0.39, 0.29) is 12.5 Å². The Morgan fingerprint density at radius 1 is 1.30 bits per heavy atom. The summed E-state index contributed by atoms with van der Waals surface area (Å²) < 4.78 is 5.93. The first-order valence-corrected chi connectivity index (χ1v) is 7.87. The van der Waals surface area contributed by atoms with Crippen molar-refractivity contribution < 1.29 is 14.6 Å². The van der Waals surface area contributed by atoms with E-state index >= 15 is 0 Å². The van der Waals surface area contributed by atoms with Gasteiger partial charge < -0.3 is 14.7 Å². The van der Waals surface area contributed by atoms with Crippen molar-refractivity contribution in [3.05, 3.63) is 59.2 Å². The summed E-state index contributed by atoms with van der Waals surface area (Å²) in [6, 6.07) is 13.7. The fourth-order valence-electron chi connectivity index (χ4n) is 3.12. The maximum Gasteiger partial charge on any atom is 0.209 e. The predicted octanol–water partition coefficient (Wildman–Crippen LogP) is 3.23. The molecule has 1 aliphatic rings. The number of aryl methyl sites for hydroxylation is 1. The Kier molecular flexibility index (Phi) is 4.63. The summed E-state index contributed by atoms with van der Waals surface area (Å²) in [6.45, 7) is 3.47. The van der Waals surface area contributed by atoms with Crippen molar-refractivity contribution in [1.29, 1.82) is 0 Å². The van der Waals surface area contributed by atoms with Crippen LogP contribution in [0.2, 0.25) is 0 Å². The summed E-state index contributed by atoms with van der Waals surface area (Å²) in [5, 5.41) is 9.71. The van der Waals surface area contributed by atoms with Gasteiger partial charge in [-0.25, -0.2) is 0 Å². The zero-order valence-electron chi connectivity index (χ0n) is 13.2. The van der Waals surface area contributed by atoms with Crippen LogP contribution in [0.15, 0.2) is 42.5 Å². The second-order valence-electron chi connectivity index (χ2n) is 5.97. The van der Waals surface area contributed by atoms with Crippen molar-refractivity contribution in [2.45, 2.75) is 25.9 Å². The fraction of sp³-hybridized carbons (Fsp3) is 0.316. The average Bonchev–Trinajstić information content (AvgIpc) is 3.06. The molecule has 0 bridgehead atoms. The molecule has 1 atom stereocenters. The molecule has 0 spiro atoms. The molecule has 2 aromatic carbocycles. The largest absolute Gasteiger partial charge is 0.457 e. The lowest BCUT2D eigenvalue weighted by Gasteiger charge is -2.16. The third-order valence-corrected chi connectivity index (χ3v) is 4.41. The van der Waals surface area contributed by atoms with Gasteiger partial charge >= 0.3 is 0 Å². The molecule has 0 radical (unpaired) electrons. The van der Waals surface area contributed by atoms with Gasteiger partial charge in [-0.2, -0.15) is 0 Å². The van der Waals surface area contributed by atoms with E-state index in [9.17, 15) is 9.90 Å².